The molecule has 1 aromatic rings. The first-order valence-corrected chi connectivity index (χ1v) is 9.44. The van der Waals surface area contributed by atoms with Gasteiger partial charge in [0.25, 0.3) is 0 Å². The van der Waals surface area contributed by atoms with Gasteiger partial charge < -0.3 is 23.8 Å². The smallest absolute Gasteiger partial charge is 0.223 e. The number of benzene rings is 1. The molecule has 2 heterocycles. The van der Waals surface area contributed by atoms with E-state index in [1.54, 1.807) is 14.2 Å². The van der Waals surface area contributed by atoms with E-state index in [0.717, 1.165) is 37.2 Å². The largest absolute Gasteiger partial charge is 0.493 e. The third-order valence-electron chi connectivity index (χ3n) is 5.96. The van der Waals surface area contributed by atoms with E-state index >= 15 is 0 Å². The molecule has 2 fully saturated rings. The van der Waals surface area contributed by atoms with Gasteiger partial charge in [0.2, 0.25) is 5.91 Å². The summed E-state index contributed by atoms with van der Waals surface area (Å²) >= 11 is 0. The highest BCUT2D eigenvalue weighted by molar-refractivity contribution is 5.77. The Hall–Kier alpha value is -1.79. The topological polar surface area (TPSA) is 57.2 Å². The monoisotopic (exact) mass is 361 g/mol. The van der Waals surface area contributed by atoms with E-state index in [1.165, 1.54) is 11.1 Å². The number of rotatable bonds is 4. The highest BCUT2D eigenvalue weighted by Gasteiger charge is 2.41. The minimum atomic E-state index is -0.430. The normalized spacial score (nSPS) is 23.9. The molecule has 0 aromatic heterocycles. The number of fused-ring (bicyclic) bond motifs is 1. The molecule has 6 heteroatoms. The Morgan fingerprint density at radius 3 is 2.46 bits per heavy atom. The average molecular weight is 361 g/mol. The van der Waals surface area contributed by atoms with Crippen LogP contribution in [0.15, 0.2) is 12.1 Å². The Bertz CT molecular complexity index is 673. The molecule has 2 saturated heterocycles. The number of likely N-dealkylation sites (tertiary alicyclic amines) is 1. The molecule has 1 aromatic carbocycles. The summed E-state index contributed by atoms with van der Waals surface area (Å²) in [5.74, 6) is 1.55. The lowest BCUT2D eigenvalue weighted by Crippen LogP contribution is -2.47. The van der Waals surface area contributed by atoms with Gasteiger partial charge in [0.05, 0.1) is 27.4 Å². The molecule has 6 nitrogen and oxygen atoms in total. The van der Waals surface area contributed by atoms with Crippen LogP contribution in [-0.2, 0) is 20.7 Å². The van der Waals surface area contributed by atoms with Crippen LogP contribution in [0.25, 0.3) is 0 Å². The average Bonchev–Trinajstić information content (AvgIpc) is 3.28. The number of ether oxygens (including phenoxy) is 4. The van der Waals surface area contributed by atoms with Gasteiger partial charge in [-0.25, -0.2) is 0 Å². The van der Waals surface area contributed by atoms with Crippen LogP contribution >= 0.6 is 0 Å². The van der Waals surface area contributed by atoms with Crippen molar-refractivity contribution in [1.82, 2.24) is 4.90 Å². The molecule has 26 heavy (non-hydrogen) atoms. The van der Waals surface area contributed by atoms with Crippen LogP contribution < -0.4 is 9.47 Å². The van der Waals surface area contributed by atoms with E-state index in [1.807, 2.05) is 11.0 Å². The van der Waals surface area contributed by atoms with Crippen molar-refractivity contribution in [2.75, 3.05) is 40.5 Å². The summed E-state index contributed by atoms with van der Waals surface area (Å²) in [6.45, 7) is 2.75. The molecule has 4 rings (SSSR count). The molecule has 3 aliphatic rings. The highest BCUT2D eigenvalue weighted by atomic mass is 16.7. The molecule has 0 N–H and O–H groups in total. The van der Waals surface area contributed by atoms with Crippen molar-refractivity contribution in [1.29, 1.82) is 0 Å². The minimum absolute atomic E-state index is 0.227. The first-order valence-electron chi connectivity index (χ1n) is 9.44. The van der Waals surface area contributed by atoms with Crippen LogP contribution in [0.3, 0.4) is 0 Å². The van der Waals surface area contributed by atoms with E-state index in [4.69, 9.17) is 18.9 Å². The summed E-state index contributed by atoms with van der Waals surface area (Å²) in [5.41, 5.74) is 2.50. The van der Waals surface area contributed by atoms with Crippen LogP contribution in [0.1, 0.15) is 42.7 Å². The lowest BCUT2D eigenvalue weighted by molar-refractivity contribution is -0.187. The second-order valence-electron chi connectivity index (χ2n) is 7.33. The van der Waals surface area contributed by atoms with Gasteiger partial charge in [-0.05, 0) is 42.0 Å². The summed E-state index contributed by atoms with van der Waals surface area (Å²) in [6.07, 6.45) is 4.08. The van der Waals surface area contributed by atoms with Crippen molar-refractivity contribution in [2.24, 2.45) is 0 Å². The predicted molar refractivity (Wildman–Crippen MR) is 95.7 cm³/mol. The predicted octanol–water partition coefficient (Wildman–Crippen LogP) is 2.49. The van der Waals surface area contributed by atoms with Gasteiger partial charge >= 0.3 is 0 Å². The quantitative estimate of drug-likeness (QED) is 0.825. The fraction of sp³-hybridized carbons (Fsp3) is 0.650. The molecule has 0 bridgehead atoms. The highest BCUT2D eigenvalue weighted by Crippen LogP contribution is 2.42. The van der Waals surface area contributed by atoms with Crippen LogP contribution in [0.2, 0.25) is 0 Å². The fourth-order valence-corrected chi connectivity index (χ4v) is 4.45. The number of hydrogen-bond donors (Lipinski definition) is 0. The zero-order valence-electron chi connectivity index (χ0n) is 15.6. The Morgan fingerprint density at radius 2 is 1.81 bits per heavy atom. The zero-order chi connectivity index (χ0) is 18.1. The van der Waals surface area contributed by atoms with E-state index in [9.17, 15) is 4.79 Å². The molecule has 1 atom stereocenters. The van der Waals surface area contributed by atoms with E-state index in [2.05, 4.69) is 6.07 Å². The Labute approximate surface area is 154 Å². The van der Waals surface area contributed by atoms with Gasteiger partial charge in [-0.1, -0.05) is 0 Å². The molecule has 0 radical (unpaired) electrons. The maximum absolute atomic E-state index is 12.8. The van der Waals surface area contributed by atoms with Gasteiger partial charge in [0.1, 0.15) is 0 Å². The molecule has 0 saturated carbocycles. The number of hydrogen-bond acceptors (Lipinski definition) is 5. The standard InChI is InChI=1S/C20H27NO5/c1-23-17-11-14-3-4-15(16(14)13-18(17)24-2)12-19(22)21-7-5-20(6-8-21)25-9-10-26-20/h11,13,15H,3-10,12H2,1-2H3. The third kappa shape index (κ3) is 3.16. The zero-order valence-corrected chi connectivity index (χ0v) is 15.6. The number of amides is 1. The summed E-state index contributed by atoms with van der Waals surface area (Å²) < 4.78 is 22.3. The fourth-order valence-electron chi connectivity index (χ4n) is 4.45. The van der Waals surface area contributed by atoms with Crippen LogP contribution in [0.5, 0.6) is 11.5 Å². The van der Waals surface area contributed by atoms with E-state index in [0.29, 0.717) is 32.7 Å². The molecule has 2 aliphatic heterocycles. The van der Waals surface area contributed by atoms with E-state index < -0.39 is 5.79 Å². The third-order valence-corrected chi connectivity index (χ3v) is 5.96. The van der Waals surface area contributed by atoms with Crippen molar-refractivity contribution in [3.05, 3.63) is 23.3 Å². The summed E-state index contributed by atoms with van der Waals surface area (Å²) in [4.78, 5) is 14.8. The van der Waals surface area contributed by atoms with Gasteiger partial charge in [0.15, 0.2) is 17.3 Å². The lowest BCUT2D eigenvalue weighted by atomic mass is 9.95. The minimum Gasteiger partial charge on any atom is -0.493 e. The van der Waals surface area contributed by atoms with Gasteiger partial charge in [-0.15, -0.1) is 0 Å². The Morgan fingerprint density at radius 1 is 1.15 bits per heavy atom. The number of nitrogens with zero attached hydrogens (tertiary/aromatic N) is 1. The van der Waals surface area contributed by atoms with Gasteiger partial charge in [-0.2, -0.15) is 0 Å². The molecule has 1 spiro atoms. The van der Waals surface area contributed by atoms with E-state index in [-0.39, 0.29) is 11.8 Å². The number of carbonyl (C=O) groups excluding carboxylic acids is 1. The number of piperidine rings is 1. The molecular formula is C20H27NO5. The van der Waals surface area contributed by atoms with Crippen LogP contribution in [-0.4, -0.2) is 57.1 Å². The molecule has 142 valence electrons. The second kappa shape index (κ2) is 7.08. The van der Waals surface area contributed by atoms with Crippen LogP contribution in [0, 0.1) is 0 Å². The number of aryl methyl sites for hydroxylation is 1. The Balaban J connectivity index is 1.41. The number of methoxy groups -OCH3 is 2. The van der Waals surface area contributed by atoms with Crippen molar-refractivity contribution in [3.63, 3.8) is 0 Å². The lowest BCUT2D eigenvalue weighted by Gasteiger charge is -2.38. The van der Waals surface area contributed by atoms with Crippen molar-refractivity contribution in [3.8, 4) is 11.5 Å². The summed E-state index contributed by atoms with van der Waals surface area (Å²) in [6, 6.07) is 4.10. The molecule has 1 amide bonds. The Kier molecular flexibility index (Phi) is 4.80. The van der Waals surface area contributed by atoms with Crippen molar-refractivity contribution < 1.29 is 23.7 Å². The molecule has 1 aliphatic carbocycles. The SMILES string of the molecule is COc1cc2c(cc1OC)C(CC(=O)N1CCC3(CC1)OCCO3)CC2. The van der Waals surface area contributed by atoms with Crippen molar-refractivity contribution in [2.45, 2.75) is 43.8 Å². The maximum Gasteiger partial charge on any atom is 0.223 e. The molecule has 1 unspecified atom stereocenters. The first kappa shape index (κ1) is 17.6. The maximum atomic E-state index is 12.8. The van der Waals surface area contributed by atoms with Gasteiger partial charge in [0, 0.05) is 32.4 Å². The molecular weight excluding hydrogens is 334 g/mol. The number of carbonyl (C=O) groups is 1. The van der Waals surface area contributed by atoms with Crippen molar-refractivity contribution >= 4 is 5.91 Å². The van der Waals surface area contributed by atoms with Crippen LogP contribution in [0.4, 0.5) is 0 Å². The summed E-state index contributed by atoms with van der Waals surface area (Å²) in [7, 11) is 3.30. The second-order valence-corrected chi connectivity index (χ2v) is 7.33. The van der Waals surface area contributed by atoms with Gasteiger partial charge in [-0.3, -0.25) is 4.79 Å². The summed E-state index contributed by atoms with van der Waals surface area (Å²) in [5, 5.41) is 0. The first-order chi connectivity index (χ1) is 12.6.